The van der Waals surface area contributed by atoms with Gasteiger partial charge < -0.3 is 19.3 Å². The zero-order valence-electron chi connectivity index (χ0n) is 42.2. The maximum atomic E-state index is 14.9. The Labute approximate surface area is 412 Å². The molecule has 70 heavy (non-hydrogen) atoms. The van der Waals surface area contributed by atoms with Gasteiger partial charge in [0, 0.05) is 22.0 Å². The predicted molar refractivity (Wildman–Crippen MR) is 273 cm³/mol. The number of aryl methyl sites for hydroxylation is 4. The van der Waals surface area contributed by atoms with E-state index in [0.29, 0.717) is 30.9 Å². The SMILES string of the molecule is CCOC(=O)[C@@H]1C[C@]12CCc1ccc(OCc3ccc(C(C)(C)C)c(-c4cc(C)ccc4F)c3)cc12.Cc1ccc(F)c(-c2cc(COc3ccc4c(c3)[C@]3(CC4)C[C@H]3C(=O)O)ccc2C(C)(C)C)c1. The molecule has 4 aliphatic rings. The normalized spacial score (nSPS) is 20.6. The minimum absolute atomic E-state index is 0.0364. The van der Waals surface area contributed by atoms with E-state index >= 15 is 0 Å². The number of carbonyl (C=O) groups excluding carboxylic acids is 1. The lowest BCUT2D eigenvalue weighted by atomic mass is 9.81. The maximum Gasteiger partial charge on any atom is 0.309 e. The summed E-state index contributed by atoms with van der Waals surface area (Å²) in [6.45, 7) is 19.8. The van der Waals surface area contributed by atoms with Crippen molar-refractivity contribution in [1.29, 1.82) is 0 Å². The van der Waals surface area contributed by atoms with Crippen molar-refractivity contribution in [2.45, 2.75) is 136 Å². The fourth-order valence-electron chi connectivity index (χ4n) is 11.4. The Morgan fingerprint density at radius 2 is 1.03 bits per heavy atom. The van der Waals surface area contributed by atoms with Crippen LogP contribution in [0.1, 0.15) is 130 Å². The van der Waals surface area contributed by atoms with Crippen molar-refractivity contribution < 1.29 is 37.7 Å². The largest absolute Gasteiger partial charge is 0.489 e. The number of esters is 1. The minimum Gasteiger partial charge on any atom is -0.489 e. The fourth-order valence-corrected chi connectivity index (χ4v) is 11.4. The van der Waals surface area contributed by atoms with Crippen molar-refractivity contribution in [3.05, 3.63) is 176 Å². The van der Waals surface area contributed by atoms with Crippen LogP contribution in [0.2, 0.25) is 0 Å². The second-order valence-corrected chi connectivity index (χ2v) is 22.4. The second-order valence-electron chi connectivity index (χ2n) is 22.4. The number of hydrogen-bond donors (Lipinski definition) is 1. The highest BCUT2D eigenvalue weighted by molar-refractivity contribution is 5.80. The molecule has 0 aliphatic heterocycles. The van der Waals surface area contributed by atoms with Crippen molar-refractivity contribution in [3.63, 3.8) is 0 Å². The number of rotatable bonds is 11. The van der Waals surface area contributed by atoms with Crippen LogP contribution in [-0.2, 0) is 62.0 Å². The third-order valence-electron chi connectivity index (χ3n) is 15.4. The average Bonchev–Trinajstić information content (AvgIpc) is 4.17. The Balaban J connectivity index is 0.000000174. The topological polar surface area (TPSA) is 82.1 Å². The van der Waals surface area contributed by atoms with E-state index in [2.05, 4.69) is 84.0 Å². The van der Waals surface area contributed by atoms with Gasteiger partial charge >= 0.3 is 11.9 Å². The van der Waals surface area contributed by atoms with E-state index in [0.717, 1.165) is 100 Å². The minimum atomic E-state index is -0.700. The molecule has 2 saturated carbocycles. The molecule has 0 amide bonds. The highest BCUT2D eigenvalue weighted by Crippen LogP contribution is 2.63. The number of hydrogen-bond acceptors (Lipinski definition) is 5. The highest BCUT2D eigenvalue weighted by atomic mass is 19.1. The third-order valence-corrected chi connectivity index (χ3v) is 15.4. The maximum absolute atomic E-state index is 14.9. The van der Waals surface area contributed by atoms with E-state index in [1.807, 2.05) is 63.2 Å². The summed E-state index contributed by atoms with van der Waals surface area (Å²) in [5, 5.41) is 9.50. The van der Waals surface area contributed by atoms with Gasteiger partial charge in [0.1, 0.15) is 36.3 Å². The number of halogens is 2. The fraction of sp³-hybridized carbons (Fsp3) is 0.387. The standard InChI is InChI=1S/C32H35FO3.C30H31FO3/c1-6-35-30(34)28-18-32(28)14-13-22-9-10-23(17-27(22)32)36-19-21-8-11-26(31(3,4)5)24(16-21)25-15-20(2)7-12-29(25)33;1-18-5-10-27(31)23(13-18)22-14-19(6-9-24(22)29(2,3)4)17-34-21-8-7-20-11-12-30(25(20)15-21)16-26(30)28(32)33/h7-12,15-17,28H,6,13-14,18-19H2,1-5H3;5-10,13-15,26H,11-12,16-17H2,1-4H3,(H,32,33)/t28-,32-;26-,30-/m00/s1. The summed E-state index contributed by atoms with van der Waals surface area (Å²) in [5.74, 6) is 0.0168. The molecule has 1 N–H and O–H groups in total. The molecule has 0 radical (unpaired) electrons. The number of carboxylic acids is 1. The van der Waals surface area contributed by atoms with Gasteiger partial charge in [-0.2, -0.15) is 0 Å². The number of ether oxygens (including phenoxy) is 3. The van der Waals surface area contributed by atoms with Gasteiger partial charge in [-0.3, -0.25) is 9.59 Å². The average molecular weight is 945 g/mol. The second kappa shape index (κ2) is 18.5. The van der Waals surface area contributed by atoms with E-state index in [1.165, 1.54) is 22.8 Å². The molecule has 4 atom stereocenters. The van der Waals surface area contributed by atoms with E-state index in [9.17, 15) is 23.5 Å². The summed E-state index contributed by atoms with van der Waals surface area (Å²) in [7, 11) is 0. The van der Waals surface area contributed by atoms with Crippen molar-refractivity contribution in [2.75, 3.05) is 6.61 Å². The molecular weight excluding hydrogens is 879 g/mol. The van der Waals surface area contributed by atoms with Gasteiger partial charge in [0.2, 0.25) is 0 Å². The van der Waals surface area contributed by atoms with Crippen LogP contribution in [0.5, 0.6) is 11.5 Å². The molecule has 4 aliphatic carbocycles. The molecule has 10 rings (SSSR count). The van der Waals surface area contributed by atoms with Crippen LogP contribution in [0.4, 0.5) is 8.78 Å². The smallest absolute Gasteiger partial charge is 0.309 e. The summed E-state index contributed by atoms with van der Waals surface area (Å²) < 4.78 is 47.4. The first-order valence-corrected chi connectivity index (χ1v) is 24.9. The summed E-state index contributed by atoms with van der Waals surface area (Å²) in [5.41, 5.74) is 13.6. The van der Waals surface area contributed by atoms with Gasteiger partial charge in [0.15, 0.2) is 0 Å². The number of aliphatic carboxylic acids is 1. The Hall–Kier alpha value is -6.28. The first-order chi connectivity index (χ1) is 33.2. The van der Waals surface area contributed by atoms with Crippen molar-refractivity contribution in [1.82, 2.24) is 0 Å². The lowest BCUT2D eigenvalue weighted by molar-refractivity contribution is -0.145. The Morgan fingerprint density at radius 1 is 0.586 bits per heavy atom. The molecule has 0 unspecified atom stereocenters. The Bertz CT molecular complexity index is 3010. The molecule has 2 spiro atoms. The lowest BCUT2D eigenvalue weighted by Crippen LogP contribution is -2.15. The first-order valence-electron chi connectivity index (χ1n) is 24.9. The summed E-state index contributed by atoms with van der Waals surface area (Å²) in [6.07, 6.45) is 5.40. The summed E-state index contributed by atoms with van der Waals surface area (Å²) in [6, 6.07) is 35.2. The predicted octanol–water partition coefficient (Wildman–Crippen LogP) is 14.4. The van der Waals surface area contributed by atoms with Gasteiger partial charge in [-0.25, -0.2) is 8.78 Å². The number of carbonyl (C=O) groups is 2. The molecule has 0 heterocycles. The van der Waals surface area contributed by atoms with E-state index in [-0.39, 0.29) is 51.1 Å². The molecule has 364 valence electrons. The highest BCUT2D eigenvalue weighted by Gasteiger charge is 2.63. The Kier molecular flexibility index (Phi) is 12.9. The molecule has 0 saturated heterocycles. The van der Waals surface area contributed by atoms with Crippen molar-refractivity contribution >= 4 is 11.9 Å². The van der Waals surface area contributed by atoms with Gasteiger partial charge in [0.25, 0.3) is 0 Å². The van der Waals surface area contributed by atoms with Crippen molar-refractivity contribution in [3.8, 4) is 33.8 Å². The zero-order chi connectivity index (χ0) is 49.9. The number of benzene rings is 6. The van der Waals surface area contributed by atoms with Crippen LogP contribution >= 0.6 is 0 Å². The monoisotopic (exact) mass is 944 g/mol. The van der Waals surface area contributed by atoms with E-state index in [4.69, 9.17) is 14.2 Å². The molecule has 6 aromatic carbocycles. The van der Waals surface area contributed by atoms with Gasteiger partial charge in [-0.05, 0) is 186 Å². The number of fused-ring (bicyclic) bond motifs is 4. The van der Waals surface area contributed by atoms with Crippen LogP contribution in [0.15, 0.2) is 109 Å². The van der Waals surface area contributed by atoms with Gasteiger partial charge in [-0.15, -0.1) is 0 Å². The molecule has 6 nitrogen and oxygen atoms in total. The third kappa shape index (κ3) is 9.51. The molecule has 0 aromatic heterocycles. The van der Waals surface area contributed by atoms with Crippen LogP contribution in [0.25, 0.3) is 22.3 Å². The zero-order valence-corrected chi connectivity index (χ0v) is 42.2. The lowest BCUT2D eigenvalue weighted by Gasteiger charge is -2.24. The molecular formula is C62H66F2O6. The quantitative estimate of drug-likeness (QED) is 0.130. The van der Waals surface area contributed by atoms with E-state index in [1.54, 1.807) is 18.2 Å². The first kappa shape index (κ1) is 48.7. The van der Waals surface area contributed by atoms with E-state index < -0.39 is 5.97 Å². The molecule has 6 aromatic rings. The van der Waals surface area contributed by atoms with Crippen molar-refractivity contribution in [2.24, 2.45) is 11.8 Å². The molecule has 8 heteroatoms. The summed E-state index contributed by atoms with van der Waals surface area (Å²) in [4.78, 5) is 23.9. The summed E-state index contributed by atoms with van der Waals surface area (Å²) >= 11 is 0. The van der Waals surface area contributed by atoms with Crippen LogP contribution < -0.4 is 9.47 Å². The molecule has 2 fully saturated rings. The van der Waals surface area contributed by atoms with Crippen LogP contribution in [0.3, 0.4) is 0 Å². The van der Waals surface area contributed by atoms with Crippen LogP contribution in [-0.4, -0.2) is 23.7 Å². The number of carboxylic acid groups (broad SMARTS) is 1. The molecule has 0 bridgehead atoms. The van der Waals surface area contributed by atoms with Gasteiger partial charge in [-0.1, -0.05) is 101 Å². The van der Waals surface area contributed by atoms with Gasteiger partial charge in [0.05, 0.1) is 18.4 Å². The Morgan fingerprint density at radius 3 is 1.44 bits per heavy atom. The van der Waals surface area contributed by atoms with Crippen LogP contribution in [0, 0.1) is 37.3 Å².